The zero-order valence-electron chi connectivity index (χ0n) is 13.8. The minimum Gasteiger partial charge on any atom is -0.494 e. The maximum atomic E-state index is 11.2. The van der Waals surface area contributed by atoms with Crippen LogP contribution in [-0.2, 0) is 4.74 Å². The van der Waals surface area contributed by atoms with Gasteiger partial charge in [-0.3, -0.25) is 10.3 Å². The number of unbranched alkanes of at least 4 members (excludes halogenated alkanes) is 3. The van der Waals surface area contributed by atoms with Crippen molar-refractivity contribution in [1.82, 2.24) is 10.6 Å². The van der Waals surface area contributed by atoms with E-state index in [1.54, 1.807) is 0 Å². The van der Waals surface area contributed by atoms with Gasteiger partial charge in [-0.05, 0) is 24.1 Å². The van der Waals surface area contributed by atoms with Crippen molar-refractivity contribution in [3.8, 4) is 5.75 Å². The topological polar surface area (TPSA) is 72.0 Å². The summed E-state index contributed by atoms with van der Waals surface area (Å²) in [6, 6.07) is 8.05. The molecule has 1 unspecified atom stereocenters. The van der Waals surface area contributed by atoms with Crippen molar-refractivity contribution in [3.63, 3.8) is 0 Å². The zero-order valence-corrected chi connectivity index (χ0v) is 13.8. The van der Waals surface area contributed by atoms with Gasteiger partial charge in [0.2, 0.25) is 5.96 Å². The third kappa shape index (κ3) is 5.47. The van der Waals surface area contributed by atoms with Gasteiger partial charge in [-0.1, -0.05) is 38.3 Å². The number of benzene rings is 1. The molecule has 0 radical (unpaired) electrons. The number of amides is 1. The van der Waals surface area contributed by atoms with E-state index in [2.05, 4.69) is 27.3 Å². The number of carbonyl (C=O) groups is 1. The molecule has 0 saturated heterocycles. The van der Waals surface area contributed by atoms with E-state index in [1.165, 1.54) is 26.4 Å². The summed E-state index contributed by atoms with van der Waals surface area (Å²) in [7, 11) is 1.32. The van der Waals surface area contributed by atoms with Crippen LogP contribution in [0.4, 0.5) is 4.79 Å². The number of alkyl carbamates (subject to hydrolysis) is 1. The summed E-state index contributed by atoms with van der Waals surface area (Å²) in [6.07, 6.45) is 4.28. The molecule has 1 atom stereocenters. The van der Waals surface area contributed by atoms with E-state index in [0.717, 1.165) is 24.3 Å². The number of guanidine groups is 1. The predicted octanol–water partition coefficient (Wildman–Crippen LogP) is 3.00. The number of methoxy groups -OCH3 is 1. The van der Waals surface area contributed by atoms with Crippen LogP contribution in [0.15, 0.2) is 29.3 Å². The fourth-order valence-corrected chi connectivity index (χ4v) is 2.37. The quantitative estimate of drug-likeness (QED) is 0.758. The normalized spacial score (nSPS) is 16.4. The van der Waals surface area contributed by atoms with Gasteiger partial charge in [-0.15, -0.1) is 0 Å². The Morgan fingerprint density at radius 2 is 2.09 bits per heavy atom. The first-order chi connectivity index (χ1) is 11.2. The molecule has 0 bridgehead atoms. The van der Waals surface area contributed by atoms with Gasteiger partial charge in [0.05, 0.1) is 26.3 Å². The second-order valence-corrected chi connectivity index (χ2v) is 5.48. The lowest BCUT2D eigenvalue weighted by atomic mass is 10.1. The Morgan fingerprint density at radius 3 is 2.78 bits per heavy atom. The van der Waals surface area contributed by atoms with E-state index in [-0.39, 0.29) is 6.04 Å². The van der Waals surface area contributed by atoms with Crippen molar-refractivity contribution >= 4 is 12.1 Å². The summed E-state index contributed by atoms with van der Waals surface area (Å²) in [6.45, 7) is 3.54. The number of hydrogen-bond acceptors (Lipinski definition) is 5. The van der Waals surface area contributed by atoms with Crippen molar-refractivity contribution in [1.29, 1.82) is 0 Å². The predicted molar refractivity (Wildman–Crippen MR) is 89.8 cm³/mol. The molecule has 0 fully saturated rings. The molecule has 1 aromatic rings. The molecular weight excluding hydrogens is 294 g/mol. The molecule has 0 aromatic heterocycles. The number of aliphatic imine (C=N–C) groups is 1. The molecule has 2 N–H and O–H groups in total. The number of nitrogens with one attached hydrogen (secondary N) is 2. The molecule has 23 heavy (non-hydrogen) atoms. The van der Waals surface area contributed by atoms with E-state index in [1.807, 2.05) is 24.3 Å². The van der Waals surface area contributed by atoms with Crippen LogP contribution in [0.3, 0.4) is 0 Å². The third-order valence-electron chi connectivity index (χ3n) is 3.70. The number of carbonyl (C=O) groups excluding carboxylic acids is 1. The van der Waals surface area contributed by atoms with Crippen LogP contribution < -0.4 is 15.4 Å². The van der Waals surface area contributed by atoms with Crippen LogP contribution in [0.25, 0.3) is 0 Å². The molecule has 2 rings (SSSR count). The lowest BCUT2D eigenvalue weighted by molar-refractivity contribution is 0.176. The Balaban J connectivity index is 1.76. The molecule has 126 valence electrons. The molecule has 1 amide bonds. The van der Waals surface area contributed by atoms with Crippen LogP contribution in [0.5, 0.6) is 5.75 Å². The molecule has 0 spiro atoms. The number of rotatable bonds is 7. The number of nitrogens with zero attached hydrogens (tertiary/aromatic N) is 1. The van der Waals surface area contributed by atoms with Crippen molar-refractivity contribution in [2.45, 2.75) is 38.6 Å². The fourth-order valence-electron chi connectivity index (χ4n) is 2.37. The highest BCUT2D eigenvalue weighted by atomic mass is 16.5. The van der Waals surface area contributed by atoms with E-state index >= 15 is 0 Å². The Bertz CT molecular complexity index is 528. The third-order valence-corrected chi connectivity index (χ3v) is 3.70. The Morgan fingerprint density at radius 1 is 1.30 bits per heavy atom. The van der Waals surface area contributed by atoms with Gasteiger partial charge < -0.3 is 14.8 Å². The second kappa shape index (κ2) is 9.02. The van der Waals surface area contributed by atoms with Gasteiger partial charge in [0.1, 0.15) is 5.75 Å². The highest BCUT2D eigenvalue weighted by Gasteiger charge is 2.20. The fraction of sp³-hybridized carbons (Fsp3) is 0.529. The highest BCUT2D eigenvalue weighted by Crippen LogP contribution is 2.20. The van der Waals surface area contributed by atoms with Crippen LogP contribution in [0.2, 0.25) is 0 Å². The smallest absolute Gasteiger partial charge is 0.413 e. The van der Waals surface area contributed by atoms with Crippen LogP contribution in [-0.4, -0.2) is 32.3 Å². The maximum Gasteiger partial charge on any atom is 0.413 e. The molecule has 0 aliphatic carbocycles. The highest BCUT2D eigenvalue weighted by molar-refractivity contribution is 5.94. The average molecular weight is 319 g/mol. The Hall–Kier alpha value is -2.24. The van der Waals surface area contributed by atoms with Crippen LogP contribution >= 0.6 is 0 Å². The Kier molecular flexibility index (Phi) is 6.72. The van der Waals surface area contributed by atoms with E-state index in [9.17, 15) is 4.79 Å². The van der Waals surface area contributed by atoms with E-state index in [4.69, 9.17) is 4.74 Å². The van der Waals surface area contributed by atoms with Crippen LogP contribution in [0.1, 0.15) is 44.2 Å². The summed E-state index contributed by atoms with van der Waals surface area (Å²) in [5.74, 6) is 1.33. The van der Waals surface area contributed by atoms with Crippen molar-refractivity contribution in [2.75, 3.05) is 20.3 Å². The number of ether oxygens (including phenoxy) is 2. The molecule has 6 nitrogen and oxygen atoms in total. The summed E-state index contributed by atoms with van der Waals surface area (Å²) >= 11 is 0. The largest absolute Gasteiger partial charge is 0.494 e. The molecule has 1 aliphatic rings. The molecule has 6 heteroatoms. The molecule has 1 aromatic carbocycles. The lowest BCUT2D eigenvalue weighted by Crippen LogP contribution is -2.39. The molecule has 1 aliphatic heterocycles. The first kappa shape index (κ1) is 17.1. The molecular formula is C17H25N3O3. The standard InChI is InChI=1S/C17H25N3O3/c1-3-4-5-6-11-23-14-9-7-13(8-10-14)15-12-18-16(19-15)20-17(21)22-2/h7-10,15H,3-6,11-12H2,1-2H3,(H2,18,19,20,21). The lowest BCUT2D eigenvalue weighted by Gasteiger charge is -2.13. The summed E-state index contributed by atoms with van der Waals surface area (Å²) < 4.78 is 10.3. The van der Waals surface area contributed by atoms with Gasteiger partial charge >= 0.3 is 6.09 Å². The van der Waals surface area contributed by atoms with Gasteiger partial charge in [0.25, 0.3) is 0 Å². The number of hydrogen-bond donors (Lipinski definition) is 2. The minimum absolute atomic E-state index is 0.0563. The van der Waals surface area contributed by atoms with Crippen molar-refractivity contribution in [3.05, 3.63) is 29.8 Å². The Labute approximate surface area is 137 Å². The first-order valence-corrected chi connectivity index (χ1v) is 8.11. The van der Waals surface area contributed by atoms with Crippen molar-refractivity contribution < 1.29 is 14.3 Å². The van der Waals surface area contributed by atoms with Crippen LogP contribution in [0, 0.1) is 0 Å². The molecule has 1 heterocycles. The monoisotopic (exact) mass is 319 g/mol. The zero-order chi connectivity index (χ0) is 16.5. The van der Waals surface area contributed by atoms with E-state index in [0.29, 0.717) is 12.5 Å². The summed E-state index contributed by atoms with van der Waals surface area (Å²) in [5, 5.41) is 5.69. The molecule has 0 saturated carbocycles. The minimum atomic E-state index is -0.524. The van der Waals surface area contributed by atoms with Gasteiger partial charge in [-0.25, -0.2) is 4.79 Å². The van der Waals surface area contributed by atoms with Crippen molar-refractivity contribution in [2.24, 2.45) is 4.99 Å². The van der Waals surface area contributed by atoms with Gasteiger partial charge in [-0.2, -0.15) is 0 Å². The second-order valence-electron chi connectivity index (χ2n) is 5.48. The van der Waals surface area contributed by atoms with Gasteiger partial charge in [0, 0.05) is 0 Å². The van der Waals surface area contributed by atoms with Gasteiger partial charge in [0.15, 0.2) is 0 Å². The first-order valence-electron chi connectivity index (χ1n) is 8.11. The van der Waals surface area contributed by atoms with E-state index < -0.39 is 6.09 Å². The summed E-state index contributed by atoms with van der Waals surface area (Å²) in [5.41, 5.74) is 1.11. The SMILES string of the molecule is CCCCCCOc1ccc(C2CN=C(NC(=O)OC)N2)cc1. The maximum absolute atomic E-state index is 11.2. The summed E-state index contributed by atoms with van der Waals surface area (Å²) in [4.78, 5) is 15.4. The average Bonchev–Trinajstić information content (AvgIpc) is 3.03.